The van der Waals surface area contributed by atoms with Crippen LogP contribution in [0.1, 0.15) is 27.7 Å². The molecule has 1 aliphatic rings. The summed E-state index contributed by atoms with van der Waals surface area (Å²) in [5.41, 5.74) is 14.7. The summed E-state index contributed by atoms with van der Waals surface area (Å²) in [5.74, 6) is 0. The molecule has 1 saturated heterocycles. The Labute approximate surface area is 577 Å². The summed E-state index contributed by atoms with van der Waals surface area (Å²) in [7, 11) is -0.388. The van der Waals surface area contributed by atoms with Gasteiger partial charge in [0.2, 0.25) is 0 Å². The predicted molar refractivity (Wildman–Crippen MR) is 409 cm³/mol. The van der Waals surface area contributed by atoms with Gasteiger partial charge in [-0.2, -0.15) is 0 Å². The molecular weight excluding hydrogens is 1520 g/mol. The minimum Gasteiger partial charge on any atom is -0.399 e. The zero-order valence-corrected chi connectivity index (χ0v) is 59.4. The van der Waals surface area contributed by atoms with Crippen molar-refractivity contribution in [3.05, 3.63) is 276 Å². The molecule has 0 unspecified atom stereocenters. The van der Waals surface area contributed by atoms with Gasteiger partial charge in [0.05, 0.1) is 33.3 Å². The largest absolute Gasteiger partial charge is 0.494 e. The zero-order valence-electron chi connectivity index (χ0n) is 49.2. The fourth-order valence-electron chi connectivity index (χ4n) is 12.5. The lowest BCUT2D eigenvalue weighted by Gasteiger charge is -2.32. The highest BCUT2D eigenvalue weighted by atomic mass is 127. The number of hydrogen-bond donors (Lipinski definition) is 0. The second-order valence-electron chi connectivity index (χ2n) is 23.7. The monoisotopic (exact) mass is 1570 g/mol. The first-order chi connectivity index (χ1) is 43.6. The van der Waals surface area contributed by atoms with E-state index in [1.54, 1.807) is 0 Å². The standard InChI is InChI=1S/C36H21Br2NS.C30H28BNO2.C12H5Br2IS/c37-26-20-31(38)36-30-18-24(13-17-34(30)40-35(36)21-26)25-12-16-29-28-8-4-5-9-32(28)39(33(29)19-25)27-14-10-23(11-15-27)22-6-2-1-3-7-22;1-29(2)30(3,4)34-31(33-29)23-16-19-26-25-12-8-9-13-27(25)32(28(26)20-23)24-17-14-22(15-18-24)21-10-6-5-7-11-21;13-6-3-9(14)12-8-5-7(15)1-2-10(8)16-11(12)4-6/h1-21H;5-20H,1-4H3;1-5H. The van der Waals surface area contributed by atoms with E-state index in [1.165, 1.54) is 115 Å². The third-order valence-electron chi connectivity index (χ3n) is 17.6. The first-order valence-corrected chi connectivity index (χ1v) is 35.5. The summed E-state index contributed by atoms with van der Waals surface area (Å²) >= 11 is 20.7. The van der Waals surface area contributed by atoms with Gasteiger partial charge in [-0.1, -0.05) is 215 Å². The smallest absolute Gasteiger partial charge is 0.399 e. The second-order valence-corrected chi connectivity index (χ2v) is 30.7. The Bertz CT molecular complexity index is 5430. The normalized spacial score (nSPS) is 13.7. The minimum atomic E-state index is -0.388. The number of hydrogen-bond acceptors (Lipinski definition) is 4. The first kappa shape index (κ1) is 59.6. The minimum absolute atomic E-state index is 0.368. The molecule has 0 N–H and O–H groups in total. The number of thiophene rings is 2. The quantitative estimate of drug-likeness (QED) is 0.123. The van der Waals surface area contributed by atoms with Crippen LogP contribution in [0.3, 0.4) is 0 Å². The lowest BCUT2D eigenvalue weighted by Crippen LogP contribution is -2.41. The van der Waals surface area contributed by atoms with E-state index in [9.17, 15) is 0 Å². The van der Waals surface area contributed by atoms with Gasteiger partial charge in [-0.05, 0) is 192 Å². The summed E-state index contributed by atoms with van der Waals surface area (Å²) < 4.78 is 28.4. The van der Waals surface area contributed by atoms with Crippen molar-refractivity contribution in [2.45, 2.75) is 38.9 Å². The van der Waals surface area contributed by atoms with E-state index < -0.39 is 0 Å². The summed E-state index contributed by atoms with van der Waals surface area (Å²) in [6.07, 6.45) is 0. The molecule has 0 radical (unpaired) electrons. The molecule has 0 amide bonds. The molecule has 90 heavy (non-hydrogen) atoms. The molecule has 16 aromatic rings. The van der Waals surface area contributed by atoms with Crippen LogP contribution in [0.25, 0.3) is 129 Å². The Hall–Kier alpha value is -6.69. The number of fused-ring (bicyclic) bond motifs is 12. The van der Waals surface area contributed by atoms with Gasteiger partial charge in [-0.15, -0.1) is 22.7 Å². The van der Waals surface area contributed by atoms with E-state index in [-0.39, 0.29) is 18.3 Å². The SMILES string of the molecule is Brc1cc(Br)c2c(c1)sc1ccc(-c3ccc4c5ccccc5n(-c5ccc(-c6ccccc6)cc5)c4c3)cc12.Brc1cc(Br)c2c(c1)sc1ccc(I)cc12.CC1(C)OB(c2ccc3c4ccccc4n(-c4ccc(-c5ccccc5)cc4)c3c2)OC1(C)C. The molecule has 1 fully saturated rings. The van der Waals surface area contributed by atoms with Gasteiger partial charge in [0, 0.05) is 94.7 Å². The molecule has 5 heterocycles. The topological polar surface area (TPSA) is 28.3 Å². The van der Waals surface area contributed by atoms with E-state index in [0.29, 0.717) is 0 Å². The van der Waals surface area contributed by atoms with Gasteiger partial charge < -0.3 is 18.4 Å². The highest BCUT2D eigenvalue weighted by Crippen LogP contribution is 2.45. The van der Waals surface area contributed by atoms with Crippen LogP contribution in [-0.2, 0) is 9.31 Å². The maximum Gasteiger partial charge on any atom is 0.494 e. The number of aromatic nitrogens is 2. The average molecular weight is 1570 g/mol. The maximum absolute atomic E-state index is 6.35. The molecular formula is C78H54BBr4IN2O2S2. The molecule has 0 aliphatic carbocycles. The fraction of sp³-hybridized carbons (Fsp3) is 0.0769. The summed E-state index contributed by atoms with van der Waals surface area (Å²) in [6.45, 7) is 8.38. The van der Waals surface area contributed by atoms with Crippen molar-refractivity contribution in [1.29, 1.82) is 0 Å². The molecule has 0 bridgehead atoms. The van der Waals surface area contributed by atoms with Gasteiger partial charge in [0.15, 0.2) is 0 Å². The Morgan fingerprint density at radius 2 is 0.744 bits per heavy atom. The molecule has 12 heteroatoms. The Morgan fingerprint density at radius 3 is 1.27 bits per heavy atom. The number of benzene rings is 12. The van der Waals surface area contributed by atoms with Crippen LogP contribution in [0.15, 0.2) is 273 Å². The number of halogens is 5. The van der Waals surface area contributed by atoms with Gasteiger partial charge in [0.25, 0.3) is 0 Å². The molecule has 4 nitrogen and oxygen atoms in total. The summed E-state index contributed by atoms with van der Waals surface area (Å²) in [6, 6.07) is 91.6. The molecule has 1 aliphatic heterocycles. The Kier molecular flexibility index (Phi) is 16.0. The fourth-order valence-corrected chi connectivity index (χ4v) is 18.7. The van der Waals surface area contributed by atoms with E-state index in [1.807, 2.05) is 28.7 Å². The molecule has 12 aromatic carbocycles. The van der Waals surface area contributed by atoms with Gasteiger partial charge >= 0.3 is 7.12 Å². The van der Waals surface area contributed by atoms with Crippen LogP contribution >= 0.6 is 109 Å². The van der Waals surface area contributed by atoms with Crippen molar-refractivity contribution < 1.29 is 9.31 Å². The van der Waals surface area contributed by atoms with Gasteiger partial charge in [0.1, 0.15) is 0 Å². The van der Waals surface area contributed by atoms with E-state index in [4.69, 9.17) is 9.31 Å². The average Bonchev–Trinajstić information content (AvgIpc) is 1.63. The van der Waals surface area contributed by atoms with Gasteiger partial charge in [-0.3, -0.25) is 0 Å². The maximum atomic E-state index is 6.35. The molecule has 438 valence electrons. The molecule has 0 spiro atoms. The number of nitrogens with zero attached hydrogens (tertiary/aromatic N) is 2. The van der Waals surface area contributed by atoms with Gasteiger partial charge in [-0.25, -0.2) is 0 Å². The Balaban J connectivity index is 0.000000122. The highest BCUT2D eigenvalue weighted by molar-refractivity contribution is 14.1. The molecule has 0 saturated carbocycles. The first-order valence-electron chi connectivity index (χ1n) is 29.7. The Morgan fingerprint density at radius 1 is 0.344 bits per heavy atom. The number of para-hydroxylation sites is 2. The molecule has 4 aromatic heterocycles. The van der Waals surface area contributed by atoms with Crippen molar-refractivity contribution in [1.82, 2.24) is 9.13 Å². The van der Waals surface area contributed by atoms with Crippen LogP contribution < -0.4 is 5.46 Å². The van der Waals surface area contributed by atoms with Crippen LogP contribution in [0.5, 0.6) is 0 Å². The highest BCUT2D eigenvalue weighted by Gasteiger charge is 2.51. The molecule has 0 atom stereocenters. The summed E-state index contributed by atoms with van der Waals surface area (Å²) in [5, 5.41) is 10.2. The van der Waals surface area contributed by atoms with E-state index >= 15 is 0 Å². The van der Waals surface area contributed by atoms with Crippen molar-refractivity contribution in [2.24, 2.45) is 0 Å². The van der Waals surface area contributed by atoms with Crippen molar-refractivity contribution >= 4 is 206 Å². The van der Waals surface area contributed by atoms with E-state index in [0.717, 1.165) is 40.2 Å². The zero-order chi connectivity index (χ0) is 61.6. The third-order valence-corrected chi connectivity index (χ3v) is 22.7. The van der Waals surface area contributed by atoms with Crippen LogP contribution in [0, 0.1) is 3.57 Å². The second kappa shape index (κ2) is 24.1. The van der Waals surface area contributed by atoms with Crippen LogP contribution in [0.2, 0.25) is 0 Å². The van der Waals surface area contributed by atoms with Crippen molar-refractivity contribution in [3.63, 3.8) is 0 Å². The van der Waals surface area contributed by atoms with E-state index in [2.05, 4.69) is 372 Å². The van der Waals surface area contributed by atoms with Crippen LogP contribution in [-0.4, -0.2) is 27.5 Å². The third kappa shape index (κ3) is 11.0. The lowest BCUT2D eigenvalue weighted by molar-refractivity contribution is 0.00578. The number of rotatable bonds is 6. The predicted octanol–water partition coefficient (Wildman–Crippen LogP) is 24.9. The van der Waals surface area contributed by atoms with Crippen molar-refractivity contribution in [2.75, 3.05) is 0 Å². The molecule has 17 rings (SSSR count). The van der Waals surface area contributed by atoms with Crippen LogP contribution in [0.4, 0.5) is 0 Å². The summed E-state index contributed by atoms with van der Waals surface area (Å²) in [4.78, 5) is 0. The van der Waals surface area contributed by atoms with Crippen molar-refractivity contribution in [3.8, 4) is 44.8 Å². The lowest BCUT2D eigenvalue weighted by atomic mass is 9.79.